The minimum atomic E-state index is -4.23. The molecule has 0 heterocycles. The lowest BCUT2D eigenvalue weighted by atomic mass is 10.1. The number of carbonyl (C=O) groups is 2. The first-order chi connectivity index (χ1) is 17.5. The van der Waals surface area contributed by atoms with Crippen molar-refractivity contribution in [3.8, 4) is 0 Å². The van der Waals surface area contributed by atoms with Gasteiger partial charge in [0.15, 0.2) is 0 Å². The van der Waals surface area contributed by atoms with Crippen LogP contribution in [-0.2, 0) is 26.2 Å². The van der Waals surface area contributed by atoms with Crippen LogP contribution in [0.4, 0.5) is 10.1 Å². The van der Waals surface area contributed by atoms with Crippen molar-refractivity contribution in [1.29, 1.82) is 0 Å². The van der Waals surface area contributed by atoms with Gasteiger partial charge in [0, 0.05) is 12.6 Å². The lowest BCUT2D eigenvalue weighted by molar-refractivity contribution is -0.139. The Hall–Kier alpha value is -3.72. The summed E-state index contributed by atoms with van der Waals surface area (Å²) in [7, 11) is -4.23. The summed E-state index contributed by atoms with van der Waals surface area (Å²) < 4.78 is 41.8. The number of rotatable bonds is 10. The third-order valence-corrected chi connectivity index (χ3v) is 7.58. The van der Waals surface area contributed by atoms with Crippen LogP contribution in [0.15, 0.2) is 83.8 Å². The number of sulfonamides is 1. The smallest absolute Gasteiger partial charge is 0.264 e. The van der Waals surface area contributed by atoms with Gasteiger partial charge in [-0.2, -0.15) is 0 Å². The van der Waals surface area contributed by atoms with E-state index in [1.807, 2.05) is 51.1 Å². The maximum absolute atomic E-state index is 13.7. The van der Waals surface area contributed by atoms with Crippen LogP contribution in [-0.4, -0.2) is 43.8 Å². The molecule has 1 N–H and O–H groups in total. The van der Waals surface area contributed by atoms with Crippen molar-refractivity contribution >= 4 is 27.5 Å². The van der Waals surface area contributed by atoms with Crippen LogP contribution >= 0.6 is 0 Å². The Morgan fingerprint density at radius 2 is 1.49 bits per heavy atom. The molecule has 0 saturated heterocycles. The molecule has 0 aliphatic heterocycles. The molecular formula is C28H32FN3O4S. The Morgan fingerprint density at radius 3 is 2.05 bits per heavy atom. The largest absolute Gasteiger partial charge is 0.352 e. The molecule has 0 unspecified atom stereocenters. The molecule has 0 saturated carbocycles. The molecule has 0 spiro atoms. The van der Waals surface area contributed by atoms with E-state index in [1.54, 1.807) is 31.2 Å². The van der Waals surface area contributed by atoms with Gasteiger partial charge in [0.05, 0.1) is 10.6 Å². The van der Waals surface area contributed by atoms with Crippen LogP contribution in [0, 0.1) is 12.7 Å². The first-order valence-electron chi connectivity index (χ1n) is 12.0. The zero-order valence-corrected chi connectivity index (χ0v) is 22.2. The summed E-state index contributed by atoms with van der Waals surface area (Å²) in [4.78, 5) is 27.8. The molecule has 2 amide bonds. The van der Waals surface area contributed by atoms with E-state index < -0.39 is 34.3 Å². The quantitative estimate of drug-likeness (QED) is 0.428. The summed E-state index contributed by atoms with van der Waals surface area (Å²) in [5.74, 6) is -1.47. The second-order valence-electron chi connectivity index (χ2n) is 9.15. The number of anilines is 1. The summed E-state index contributed by atoms with van der Waals surface area (Å²) in [6, 6.07) is 19.3. The first-order valence-corrected chi connectivity index (χ1v) is 13.4. The van der Waals surface area contributed by atoms with E-state index in [2.05, 4.69) is 5.32 Å². The third-order valence-electron chi connectivity index (χ3n) is 5.80. The fourth-order valence-electron chi connectivity index (χ4n) is 3.74. The summed E-state index contributed by atoms with van der Waals surface area (Å²) in [6.45, 7) is 6.69. The number of nitrogens with zero attached hydrogens (tertiary/aromatic N) is 2. The van der Waals surface area contributed by atoms with E-state index in [0.717, 1.165) is 39.7 Å². The standard InChI is InChI=1S/C28H32FN3O4S/c1-20(2)30-28(34)22(4)31(18-23-8-6-5-7-9-23)27(33)19-32(25-14-10-21(3)11-15-25)37(35,36)26-16-12-24(29)13-17-26/h5-17,20,22H,18-19H2,1-4H3,(H,30,34)/t22-/m1/s1. The van der Waals surface area contributed by atoms with E-state index in [-0.39, 0.29) is 29.1 Å². The molecule has 1 atom stereocenters. The van der Waals surface area contributed by atoms with E-state index in [4.69, 9.17) is 0 Å². The van der Waals surface area contributed by atoms with Crippen LogP contribution in [0.3, 0.4) is 0 Å². The number of carbonyl (C=O) groups excluding carboxylic acids is 2. The summed E-state index contributed by atoms with van der Waals surface area (Å²) in [5, 5.41) is 2.82. The van der Waals surface area contributed by atoms with Gasteiger partial charge in [0.2, 0.25) is 11.8 Å². The van der Waals surface area contributed by atoms with Crippen molar-refractivity contribution in [2.45, 2.75) is 51.2 Å². The molecule has 196 valence electrons. The van der Waals surface area contributed by atoms with E-state index in [1.165, 1.54) is 4.90 Å². The van der Waals surface area contributed by atoms with Crippen molar-refractivity contribution in [2.24, 2.45) is 0 Å². The zero-order chi connectivity index (χ0) is 27.2. The highest BCUT2D eigenvalue weighted by Gasteiger charge is 2.32. The average molecular weight is 526 g/mol. The Bertz CT molecular complexity index is 1310. The Kier molecular flexibility index (Phi) is 9.04. The average Bonchev–Trinajstić information content (AvgIpc) is 2.86. The lowest BCUT2D eigenvalue weighted by Gasteiger charge is -2.32. The van der Waals surface area contributed by atoms with Gasteiger partial charge in [-0.25, -0.2) is 12.8 Å². The molecule has 0 radical (unpaired) electrons. The molecule has 0 aliphatic rings. The van der Waals surface area contributed by atoms with Gasteiger partial charge >= 0.3 is 0 Å². The van der Waals surface area contributed by atoms with Crippen molar-refractivity contribution in [2.75, 3.05) is 10.8 Å². The van der Waals surface area contributed by atoms with Gasteiger partial charge in [-0.05, 0) is 69.7 Å². The fourth-order valence-corrected chi connectivity index (χ4v) is 5.16. The number of hydrogen-bond acceptors (Lipinski definition) is 4. The number of benzene rings is 3. The predicted octanol–water partition coefficient (Wildman–Crippen LogP) is 4.27. The molecule has 37 heavy (non-hydrogen) atoms. The van der Waals surface area contributed by atoms with Crippen LogP contribution in [0.5, 0.6) is 0 Å². The highest BCUT2D eigenvalue weighted by atomic mass is 32.2. The van der Waals surface area contributed by atoms with Crippen molar-refractivity contribution < 1.29 is 22.4 Å². The van der Waals surface area contributed by atoms with Gasteiger partial charge in [-0.1, -0.05) is 48.0 Å². The molecule has 3 rings (SSSR count). The second kappa shape index (κ2) is 12.0. The number of halogens is 1. The maximum Gasteiger partial charge on any atom is 0.264 e. The van der Waals surface area contributed by atoms with Gasteiger partial charge in [0.25, 0.3) is 10.0 Å². The highest BCUT2D eigenvalue weighted by Crippen LogP contribution is 2.25. The summed E-state index contributed by atoms with van der Waals surface area (Å²) in [6.07, 6.45) is 0. The monoisotopic (exact) mass is 525 g/mol. The number of aryl methyl sites for hydroxylation is 1. The molecular weight excluding hydrogens is 493 g/mol. The maximum atomic E-state index is 13.7. The van der Waals surface area contributed by atoms with Crippen LogP contribution < -0.4 is 9.62 Å². The number of amides is 2. The summed E-state index contributed by atoms with van der Waals surface area (Å²) >= 11 is 0. The van der Waals surface area contributed by atoms with E-state index in [9.17, 15) is 22.4 Å². The first kappa shape index (κ1) is 27.9. The number of hydrogen-bond donors (Lipinski definition) is 1. The second-order valence-corrected chi connectivity index (χ2v) is 11.0. The topological polar surface area (TPSA) is 86.8 Å². The van der Waals surface area contributed by atoms with Crippen molar-refractivity contribution in [3.63, 3.8) is 0 Å². The zero-order valence-electron chi connectivity index (χ0n) is 21.4. The molecule has 0 bridgehead atoms. The lowest BCUT2D eigenvalue weighted by Crippen LogP contribution is -2.52. The molecule has 0 aromatic heterocycles. The predicted molar refractivity (Wildman–Crippen MR) is 142 cm³/mol. The van der Waals surface area contributed by atoms with E-state index in [0.29, 0.717) is 0 Å². The Morgan fingerprint density at radius 1 is 0.892 bits per heavy atom. The van der Waals surface area contributed by atoms with Gasteiger partial charge in [-0.3, -0.25) is 13.9 Å². The molecule has 9 heteroatoms. The van der Waals surface area contributed by atoms with E-state index >= 15 is 0 Å². The Balaban J connectivity index is 2.01. The van der Waals surface area contributed by atoms with Gasteiger partial charge in [0.1, 0.15) is 18.4 Å². The fraction of sp³-hybridized carbons (Fsp3) is 0.286. The van der Waals surface area contributed by atoms with Crippen molar-refractivity contribution in [3.05, 3.63) is 95.8 Å². The SMILES string of the molecule is Cc1ccc(N(CC(=O)N(Cc2ccccc2)[C@H](C)C(=O)NC(C)C)S(=O)(=O)c2ccc(F)cc2)cc1. The van der Waals surface area contributed by atoms with Crippen LogP contribution in [0.25, 0.3) is 0 Å². The molecule has 7 nitrogen and oxygen atoms in total. The van der Waals surface area contributed by atoms with Crippen LogP contribution in [0.1, 0.15) is 31.9 Å². The minimum Gasteiger partial charge on any atom is -0.352 e. The molecule has 0 fully saturated rings. The number of nitrogens with one attached hydrogen (secondary N) is 1. The molecule has 0 aliphatic carbocycles. The van der Waals surface area contributed by atoms with Crippen molar-refractivity contribution in [1.82, 2.24) is 10.2 Å². The Labute approximate surface area is 218 Å². The highest BCUT2D eigenvalue weighted by molar-refractivity contribution is 7.92. The van der Waals surface area contributed by atoms with Gasteiger partial charge in [-0.15, -0.1) is 0 Å². The molecule has 3 aromatic carbocycles. The minimum absolute atomic E-state index is 0.116. The van der Waals surface area contributed by atoms with Gasteiger partial charge < -0.3 is 10.2 Å². The normalized spacial score (nSPS) is 12.2. The molecule has 3 aromatic rings. The third kappa shape index (κ3) is 7.16. The van der Waals surface area contributed by atoms with Crippen LogP contribution in [0.2, 0.25) is 0 Å². The summed E-state index contributed by atoms with van der Waals surface area (Å²) in [5.41, 5.74) is 1.99.